The van der Waals surface area contributed by atoms with Gasteiger partial charge in [-0.15, -0.1) is 0 Å². The zero-order chi connectivity index (χ0) is 15.4. The molecule has 6 heteroatoms. The fourth-order valence-corrected chi connectivity index (χ4v) is 1.88. The Balaban J connectivity index is 2.22. The first-order valence-corrected chi connectivity index (χ1v) is 6.44. The molecule has 0 radical (unpaired) electrons. The number of hydrogen-bond acceptors (Lipinski definition) is 3. The van der Waals surface area contributed by atoms with E-state index in [1.807, 2.05) is 0 Å². The first-order valence-electron chi connectivity index (χ1n) is 6.06. The first kappa shape index (κ1) is 14.9. The Bertz CT molecular complexity index is 684. The van der Waals surface area contributed by atoms with Gasteiger partial charge in [-0.3, -0.25) is 9.59 Å². The minimum Gasteiger partial charge on any atom is -0.497 e. The second-order valence-corrected chi connectivity index (χ2v) is 4.65. The Morgan fingerprint density at radius 3 is 2.29 bits per heavy atom. The van der Waals surface area contributed by atoms with Crippen LogP contribution in [0.15, 0.2) is 42.5 Å². The molecule has 0 aromatic heterocycles. The van der Waals surface area contributed by atoms with Gasteiger partial charge in [0.1, 0.15) is 5.75 Å². The van der Waals surface area contributed by atoms with Crippen LogP contribution in [-0.2, 0) is 0 Å². The molecule has 2 aromatic rings. The maximum absolute atomic E-state index is 12.1. The third-order valence-electron chi connectivity index (χ3n) is 2.85. The van der Waals surface area contributed by atoms with Crippen LogP contribution in [0.25, 0.3) is 0 Å². The number of nitrogens with one attached hydrogen (secondary N) is 1. The molecule has 3 N–H and O–H groups in total. The molecular weight excluding hydrogens is 292 g/mol. The van der Waals surface area contributed by atoms with Crippen LogP contribution in [0.1, 0.15) is 20.7 Å². The van der Waals surface area contributed by atoms with Crippen LogP contribution in [0.5, 0.6) is 5.75 Å². The zero-order valence-electron chi connectivity index (χ0n) is 11.2. The minimum atomic E-state index is -0.591. The highest BCUT2D eigenvalue weighted by atomic mass is 35.5. The van der Waals surface area contributed by atoms with Crippen molar-refractivity contribution in [3.8, 4) is 5.75 Å². The van der Waals surface area contributed by atoms with Crippen LogP contribution < -0.4 is 15.8 Å². The van der Waals surface area contributed by atoms with Crippen molar-refractivity contribution in [1.29, 1.82) is 0 Å². The number of methoxy groups -OCH3 is 1. The van der Waals surface area contributed by atoms with E-state index in [1.165, 1.54) is 18.2 Å². The second kappa shape index (κ2) is 6.28. The normalized spacial score (nSPS) is 10.0. The number of nitrogens with two attached hydrogens (primary N) is 1. The Kier molecular flexibility index (Phi) is 4.45. The van der Waals surface area contributed by atoms with Crippen LogP contribution in [0.4, 0.5) is 5.69 Å². The van der Waals surface area contributed by atoms with Crippen molar-refractivity contribution in [3.05, 3.63) is 58.6 Å². The van der Waals surface area contributed by atoms with Crippen LogP contribution in [0, 0.1) is 0 Å². The lowest BCUT2D eigenvalue weighted by Crippen LogP contribution is -2.14. The van der Waals surface area contributed by atoms with Gasteiger partial charge in [0.25, 0.3) is 5.91 Å². The second-order valence-electron chi connectivity index (χ2n) is 4.24. The predicted molar refractivity (Wildman–Crippen MR) is 80.9 cm³/mol. The Morgan fingerprint density at radius 2 is 1.71 bits per heavy atom. The highest BCUT2D eigenvalue weighted by Crippen LogP contribution is 2.24. The number of ether oxygens (including phenoxy) is 1. The molecule has 0 saturated heterocycles. The predicted octanol–water partition coefficient (Wildman–Crippen LogP) is 2.70. The number of anilines is 1. The van der Waals surface area contributed by atoms with Crippen molar-refractivity contribution in [1.82, 2.24) is 0 Å². The van der Waals surface area contributed by atoms with Gasteiger partial charge < -0.3 is 15.8 Å². The summed E-state index contributed by atoms with van der Waals surface area (Å²) in [4.78, 5) is 23.3. The largest absolute Gasteiger partial charge is 0.497 e. The quantitative estimate of drug-likeness (QED) is 0.911. The van der Waals surface area contributed by atoms with Crippen molar-refractivity contribution in [2.45, 2.75) is 0 Å². The molecule has 0 unspecified atom stereocenters. The summed E-state index contributed by atoms with van der Waals surface area (Å²) in [7, 11) is 1.55. The number of primary amides is 1. The van der Waals surface area contributed by atoms with E-state index in [-0.39, 0.29) is 11.5 Å². The lowest BCUT2D eigenvalue weighted by molar-refractivity contribution is 0.0996. The number of carbonyl (C=O) groups is 2. The van der Waals surface area contributed by atoms with E-state index in [2.05, 4.69) is 5.32 Å². The van der Waals surface area contributed by atoms with Gasteiger partial charge in [0.15, 0.2) is 0 Å². The van der Waals surface area contributed by atoms with Crippen molar-refractivity contribution >= 4 is 29.1 Å². The molecule has 0 saturated carbocycles. The molecule has 0 atom stereocenters. The number of carbonyl (C=O) groups excluding carboxylic acids is 2. The monoisotopic (exact) mass is 304 g/mol. The van der Waals surface area contributed by atoms with E-state index in [9.17, 15) is 9.59 Å². The molecule has 0 heterocycles. The average Bonchev–Trinajstić information content (AvgIpc) is 2.49. The summed E-state index contributed by atoms with van der Waals surface area (Å²) in [5.74, 6) is -0.284. The minimum absolute atomic E-state index is 0.268. The van der Waals surface area contributed by atoms with Crippen molar-refractivity contribution in [3.63, 3.8) is 0 Å². The van der Waals surface area contributed by atoms with E-state index in [4.69, 9.17) is 22.1 Å². The SMILES string of the molecule is COc1ccc(C(=O)Nc2cc(C(N)=O)ccc2Cl)cc1. The lowest BCUT2D eigenvalue weighted by atomic mass is 10.1. The van der Waals surface area contributed by atoms with Gasteiger partial charge >= 0.3 is 0 Å². The molecule has 0 aliphatic rings. The van der Waals surface area contributed by atoms with Crippen molar-refractivity contribution in [2.24, 2.45) is 5.73 Å². The molecule has 5 nitrogen and oxygen atoms in total. The van der Waals surface area contributed by atoms with Gasteiger partial charge in [0, 0.05) is 11.1 Å². The summed E-state index contributed by atoms with van der Waals surface area (Å²) in [6, 6.07) is 11.0. The summed E-state index contributed by atoms with van der Waals surface area (Å²) in [6.07, 6.45) is 0. The fourth-order valence-electron chi connectivity index (χ4n) is 1.71. The van der Waals surface area contributed by atoms with Crippen LogP contribution >= 0.6 is 11.6 Å². The fraction of sp³-hybridized carbons (Fsp3) is 0.0667. The van der Waals surface area contributed by atoms with Crippen LogP contribution in [0.3, 0.4) is 0 Å². The van der Waals surface area contributed by atoms with E-state index in [0.717, 1.165) is 0 Å². The number of hydrogen-bond donors (Lipinski definition) is 2. The Morgan fingerprint density at radius 1 is 1.10 bits per heavy atom. The number of amides is 2. The number of benzene rings is 2. The van der Waals surface area contributed by atoms with E-state index in [0.29, 0.717) is 22.0 Å². The third-order valence-corrected chi connectivity index (χ3v) is 3.18. The molecule has 2 rings (SSSR count). The van der Waals surface area contributed by atoms with Gasteiger partial charge in [-0.25, -0.2) is 0 Å². The molecule has 0 fully saturated rings. The topological polar surface area (TPSA) is 81.4 Å². The van der Waals surface area contributed by atoms with Gasteiger partial charge in [-0.1, -0.05) is 11.6 Å². The smallest absolute Gasteiger partial charge is 0.255 e. The third kappa shape index (κ3) is 3.52. The Labute approximate surface area is 126 Å². The summed E-state index contributed by atoms with van der Waals surface area (Å²) in [5, 5.41) is 2.96. The maximum atomic E-state index is 12.1. The Hall–Kier alpha value is -2.53. The number of halogens is 1. The first-order chi connectivity index (χ1) is 10.0. The van der Waals surface area contributed by atoms with E-state index < -0.39 is 5.91 Å². The molecule has 0 aliphatic heterocycles. The average molecular weight is 305 g/mol. The highest BCUT2D eigenvalue weighted by Gasteiger charge is 2.11. The standard InChI is InChI=1S/C15H13ClN2O3/c1-21-11-5-2-9(3-6-11)15(20)18-13-8-10(14(17)19)4-7-12(13)16/h2-8H,1H3,(H2,17,19)(H,18,20). The maximum Gasteiger partial charge on any atom is 0.255 e. The summed E-state index contributed by atoms with van der Waals surface area (Å²) in [6.45, 7) is 0. The molecule has 2 aromatic carbocycles. The van der Waals surface area contributed by atoms with Gasteiger partial charge in [-0.05, 0) is 42.5 Å². The van der Waals surface area contributed by atoms with Crippen molar-refractivity contribution < 1.29 is 14.3 Å². The molecular formula is C15H13ClN2O3. The zero-order valence-corrected chi connectivity index (χ0v) is 12.0. The van der Waals surface area contributed by atoms with E-state index in [1.54, 1.807) is 31.4 Å². The van der Waals surface area contributed by atoms with Gasteiger partial charge in [-0.2, -0.15) is 0 Å². The number of rotatable bonds is 4. The molecule has 0 aliphatic carbocycles. The summed E-state index contributed by atoms with van der Waals surface area (Å²) in [5.41, 5.74) is 6.23. The van der Waals surface area contributed by atoms with Crippen LogP contribution in [0.2, 0.25) is 5.02 Å². The molecule has 0 spiro atoms. The molecule has 2 amide bonds. The van der Waals surface area contributed by atoms with Gasteiger partial charge in [0.05, 0.1) is 17.8 Å². The van der Waals surface area contributed by atoms with Gasteiger partial charge in [0.2, 0.25) is 5.91 Å². The molecule has 21 heavy (non-hydrogen) atoms. The summed E-state index contributed by atoms with van der Waals surface area (Å²) >= 11 is 5.99. The van der Waals surface area contributed by atoms with Crippen molar-refractivity contribution in [2.75, 3.05) is 12.4 Å². The lowest BCUT2D eigenvalue weighted by Gasteiger charge is -2.09. The molecule has 0 bridgehead atoms. The van der Waals surface area contributed by atoms with E-state index >= 15 is 0 Å². The summed E-state index contributed by atoms with van der Waals surface area (Å²) < 4.78 is 5.02. The highest BCUT2D eigenvalue weighted by molar-refractivity contribution is 6.34. The molecule has 108 valence electrons. The van der Waals surface area contributed by atoms with Crippen LogP contribution in [-0.4, -0.2) is 18.9 Å².